The maximum absolute atomic E-state index is 11.1. The van der Waals surface area contributed by atoms with Gasteiger partial charge in [0.05, 0.1) is 18.6 Å². The lowest BCUT2D eigenvalue weighted by Gasteiger charge is -2.13. The Balaban J connectivity index is 3.71. The second-order valence-corrected chi connectivity index (χ2v) is 3.50. The van der Waals surface area contributed by atoms with Crippen molar-refractivity contribution in [3.8, 4) is 0 Å². The summed E-state index contributed by atoms with van der Waals surface area (Å²) in [5.74, 6) is -1.47. The SMILES string of the molecule is CCC(C)OC(=O)CC(O)CCC(=O)O. The molecule has 0 spiro atoms. The smallest absolute Gasteiger partial charge is 0.308 e. The molecule has 0 saturated heterocycles. The van der Waals surface area contributed by atoms with E-state index in [9.17, 15) is 14.7 Å². The summed E-state index contributed by atoms with van der Waals surface area (Å²) in [7, 11) is 0. The Morgan fingerprint density at radius 2 is 2.00 bits per heavy atom. The molecule has 0 rings (SSSR count). The number of hydrogen-bond donors (Lipinski definition) is 2. The molecule has 0 aliphatic carbocycles. The fourth-order valence-corrected chi connectivity index (χ4v) is 0.940. The van der Waals surface area contributed by atoms with Gasteiger partial charge in [0.25, 0.3) is 0 Å². The van der Waals surface area contributed by atoms with Crippen molar-refractivity contribution in [2.24, 2.45) is 0 Å². The summed E-state index contributed by atoms with van der Waals surface area (Å²) in [6, 6.07) is 0. The Kier molecular flexibility index (Phi) is 6.70. The van der Waals surface area contributed by atoms with Gasteiger partial charge in [-0.15, -0.1) is 0 Å². The van der Waals surface area contributed by atoms with Crippen LogP contribution in [0, 0.1) is 0 Å². The fraction of sp³-hybridized carbons (Fsp3) is 0.800. The quantitative estimate of drug-likeness (QED) is 0.621. The number of carboxylic acids is 1. The van der Waals surface area contributed by atoms with Gasteiger partial charge in [0.2, 0.25) is 0 Å². The summed E-state index contributed by atoms with van der Waals surface area (Å²) in [6.45, 7) is 3.65. The van der Waals surface area contributed by atoms with Crippen LogP contribution in [0.3, 0.4) is 0 Å². The highest BCUT2D eigenvalue weighted by Crippen LogP contribution is 2.05. The first kappa shape index (κ1) is 13.9. The van der Waals surface area contributed by atoms with E-state index < -0.39 is 18.0 Å². The number of esters is 1. The second-order valence-electron chi connectivity index (χ2n) is 3.50. The van der Waals surface area contributed by atoms with Gasteiger partial charge in [0, 0.05) is 6.42 Å². The molecule has 0 bridgehead atoms. The van der Waals surface area contributed by atoms with Crippen LogP contribution in [0.5, 0.6) is 0 Å². The van der Waals surface area contributed by atoms with Crippen LogP contribution >= 0.6 is 0 Å². The van der Waals surface area contributed by atoms with Gasteiger partial charge >= 0.3 is 11.9 Å². The predicted molar refractivity (Wildman–Crippen MR) is 53.3 cm³/mol. The highest BCUT2D eigenvalue weighted by atomic mass is 16.5. The molecule has 2 N–H and O–H groups in total. The monoisotopic (exact) mass is 218 g/mol. The van der Waals surface area contributed by atoms with Crippen LogP contribution in [-0.2, 0) is 14.3 Å². The number of carbonyl (C=O) groups is 2. The summed E-state index contributed by atoms with van der Waals surface area (Å²) in [4.78, 5) is 21.3. The second kappa shape index (κ2) is 7.23. The van der Waals surface area contributed by atoms with Gasteiger partial charge in [-0.05, 0) is 19.8 Å². The molecule has 2 unspecified atom stereocenters. The summed E-state index contributed by atoms with van der Waals surface area (Å²) >= 11 is 0. The molecule has 0 saturated carbocycles. The van der Waals surface area contributed by atoms with Crippen molar-refractivity contribution in [3.05, 3.63) is 0 Å². The molecule has 2 atom stereocenters. The Hall–Kier alpha value is -1.10. The van der Waals surface area contributed by atoms with E-state index in [-0.39, 0.29) is 25.4 Å². The summed E-state index contributed by atoms with van der Waals surface area (Å²) in [6.07, 6.45) is -0.584. The molecule has 0 fully saturated rings. The zero-order valence-corrected chi connectivity index (χ0v) is 9.10. The third-order valence-corrected chi connectivity index (χ3v) is 2.00. The number of carboxylic acid groups (broad SMARTS) is 1. The van der Waals surface area contributed by atoms with Gasteiger partial charge < -0.3 is 14.9 Å². The number of carbonyl (C=O) groups excluding carboxylic acids is 1. The van der Waals surface area contributed by atoms with Gasteiger partial charge in [-0.3, -0.25) is 9.59 Å². The molecular formula is C10H18O5. The van der Waals surface area contributed by atoms with E-state index in [0.717, 1.165) is 6.42 Å². The van der Waals surface area contributed by atoms with Gasteiger partial charge in [-0.2, -0.15) is 0 Å². The molecule has 0 aromatic rings. The summed E-state index contributed by atoms with van der Waals surface area (Å²) in [5, 5.41) is 17.6. The highest BCUT2D eigenvalue weighted by Gasteiger charge is 2.15. The van der Waals surface area contributed by atoms with E-state index >= 15 is 0 Å². The van der Waals surface area contributed by atoms with E-state index in [1.54, 1.807) is 6.92 Å². The Morgan fingerprint density at radius 3 is 2.47 bits per heavy atom. The van der Waals surface area contributed by atoms with Gasteiger partial charge in [0.15, 0.2) is 0 Å². The molecule has 0 aliphatic rings. The van der Waals surface area contributed by atoms with Gasteiger partial charge in [0.1, 0.15) is 0 Å². The van der Waals surface area contributed by atoms with E-state index in [1.165, 1.54) is 0 Å². The van der Waals surface area contributed by atoms with Crippen LogP contribution in [-0.4, -0.2) is 34.4 Å². The number of rotatable bonds is 7. The van der Waals surface area contributed by atoms with Crippen molar-refractivity contribution in [3.63, 3.8) is 0 Å². The minimum atomic E-state index is -0.982. The molecule has 0 radical (unpaired) electrons. The summed E-state index contributed by atoms with van der Waals surface area (Å²) < 4.78 is 4.93. The zero-order valence-electron chi connectivity index (χ0n) is 9.10. The van der Waals surface area contributed by atoms with Crippen molar-refractivity contribution < 1.29 is 24.5 Å². The minimum absolute atomic E-state index is 0.0743. The molecule has 0 aromatic carbocycles. The average molecular weight is 218 g/mol. The Morgan fingerprint density at radius 1 is 1.40 bits per heavy atom. The van der Waals surface area contributed by atoms with Crippen LogP contribution in [0.2, 0.25) is 0 Å². The first-order valence-electron chi connectivity index (χ1n) is 5.05. The topological polar surface area (TPSA) is 83.8 Å². The van der Waals surface area contributed by atoms with Gasteiger partial charge in [-0.1, -0.05) is 6.92 Å². The zero-order chi connectivity index (χ0) is 11.8. The fourth-order valence-electron chi connectivity index (χ4n) is 0.940. The minimum Gasteiger partial charge on any atom is -0.481 e. The first-order valence-corrected chi connectivity index (χ1v) is 5.05. The molecule has 5 nitrogen and oxygen atoms in total. The normalized spacial score (nSPS) is 14.3. The Bertz CT molecular complexity index is 214. The predicted octanol–water partition coefficient (Wildman–Crippen LogP) is 0.944. The standard InChI is InChI=1S/C10H18O5/c1-3-7(2)15-10(14)6-8(11)4-5-9(12)13/h7-8,11H,3-6H2,1-2H3,(H,12,13). The molecular weight excluding hydrogens is 200 g/mol. The maximum atomic E-state index is 11.1. The number of hydrogen-bond acceptors (Lipinski definition) is 4. The van der Waals surface area contributed by atoms with Crippen molar-refractivity contribution in [2.75, 3.05) is 0 Å². The van der Waals surface area contributed by atoms with Crippen LogP contribution in [0.4, 0.5) is 0 Å². The molecule has 88 valence electrons. The molecule has 0 heterocycles. The molecule has 0 aromatic heterocycles. The van der Waals surface area contributed by atoms with E-state index in [1.807, 2.05) is 6.92 Å². The molecule has 0 amide bonds. The number of aliphatic carboxylic acids is 1. The van der Waals surface area contributed by atoms with Crippen molar-refractivity contribution in [1.29, 1.82) is 0 Å². The number of ether oxygens (including phenoxy) is 1. The van der Waals surface area contributed by atoms with Crippen molar-refractivity contribution in [1.82, 2.24) is 0 Å². The highest BCUT2D eigenvalue weighted by molar-refractivity contribution is 5.70. The first-order chi connectivity index (χ1) is 6.95. The van der Waals surface area contributed by atoms with Crippen LogP contribution in [0.1, 0.15) is 39.5 Å². The van der Waals surface area contributed by atoms with E-state index in [2.05, 4.69) is 0 Å². The number of aliphatic hydroxyl groups excluding tert-OH is 1. The van der Waals surface area contributed by atoms with Crippen LogP contribution in [0.25, 0.3) is 0 Å². The van der Waals surface area contributed by atoms with Gasteiger partial charge in [-0.25, -0.2) is 0 Å². The lowest BCUT2D eigenvalue weighted by Crippen LogP contribution is -2.20. The van der Waals surface area contributed by atoms with Crippen molar-refractivity contribution >= 4 is 11.9 Å². The number of aliphatic hydroxyl groups is 1. The maximum Gasteiger partial charge on any atom is 0.308 e. The van der Waals surface area contributed by atoms with E-state index in [0.29, 0.717) is 0 Å². The third kappa shape index (κ3) is 7.93. The molecule has 15 heavy (non-hydrogen) atoms. The van der Waals surface area contributed by atoms with E-state index in [4.69, 9.17) is 9.84 Å². The molecule has 5 heteroatoms. The largest absolute Gasteiger partial charge is 0.481 e. The van der Waals surface area contributed by atoms with Crippen LogP contribution in [0.15, 0.2) is 0 Å². The third-order valence-electron chi connectivity index (χ3n) is 2.00. The average Bonchev–Trinajstić information content (AvgIpc) is 2.14. The lowest BCUT2D eigenvalue weighted by atomic mass is 10.1. The van der Waals surface area contributed by atoms with Crippen molar-refractivity contribution in [2.45, 2.75) is 51.7 Å². The van der Waals surface area contributed by atoms with Crippen LogP contribution < -0.4 is 0 Å². The Labute approximate surface area is 89.0 Å². The lowest BCUT2D eigenvalue weighted by molar-refractivity contribution is -0.151. The summed E-state index contributed by atoms with van der Waals surface area (Å²) in [5.41, 5.74) is 0. The molecule has 0 aliphatic heterocycles.